The molecule has 0 unspecified atom stereocenters. The highest BCUT2D eigenvalue weighted by Crippen LogP contribution is 2.29. The first-order chi connectivity index (χ1) is 8.58. The van der Waals surface area contributed by atoms with Crippen molar-refractivity contribution >= 4 is 11.6 Å². The molecule has 5 nitrogen and oxygen atoms in total. The van der Waals surface area contributed by atoms with Crippen LogP contribution in [0.4, 0.5) is 5.69 Å². The molecule has 92 valence electrons. The van der Waals surface area contributed by atoms with Crippen LogP contribution < -0.4 is 16.2 Å². The van der Waals surface area contributed by atoms with Gasteiger partial charge in [0.25, 0.3) is 5.91 Å². The third-order valence-corrected chi connectivity index (χ3v) is 2.44. The summed E-state index contributed by atoms with van der Waals surface area (Å²) in [5.74, 6) is 0.353. The lowest BCUT2D eigenvalue weighted by molar-refractivity contribution is 0.100. The molecule has 0 aliphatic heterocycles. The van der Waals surface area contributed by atoms with Crippen LogP contribution in [0, 0.1) is 6.92 Å². The minimum atomic E-state index is -0.583. The van der Waals surface area contributed by atoms with Crippen LogP contribution in [-0.2, 0) is 0 Å². The lowest BCUT2D eigenvalue weighted by Gasteiger charge is -2.10. The molecule has 18 heavy (non-hydrogen) atoms. The van der Waals surface area contributed by atoms with E-state index in [9.17, 15) is 4.79 Å². The van der Waals surface area contributed by atoms with Gasteiger partial charge in [-0.2, -0.15) is 0 Å². The van der Waals surface area contributed by atoms with Crippen molar-refractivity contribution in [3.05, 3.63) is 47.8 Å². The lowest BCUT2D eigenvalue weighted by Crippen LogP contribution is -2.13. The number of aromatic nitrogens is 1. The van der Waals surface area contributed by atoms with Crippen molar-refractivity contribution in [3.8, 4) is 11.5 Å². The van der Waals surface area contributed by atoms with Gasteiger partial charge in [0, 0.05) is 5.69 Å². The highest BCUT2D eigenvalue weighted by atomic mass is 16.5. The number of pyridine rings is 1. The van der Waals surface area contributed by atoms with Crippen LogP contribution >= 0.6 is 0 Å². The van der Waals surface area contributed by atoms with E-state index >= 15 is 0 Å². The van der Waals surface area contributed by atoms with Gasteiger partial charge in [-0.05, 0) is 31.2 Å². The van der Waals surface area contributed by atoms with Crippen molar-refractivity contribution in [1.29, 1.82) is 0 Å². The number of hydrogen-bond acceptors (Lipinski definition) is 4. The number of nitrogens with two attached hydrogens (primary N) is 2. The summed E-state index contributed by atoms with van der Waals surface area (Å²) >= 11 is 0. The first-order valence-electron chi connectivity index (χ1n) is 5.36. The Labute approximate surface area is 104 Å². The summed E-state index contributed by atoms with van der Waals surface area (Å²) in [4.78, 5) is 15.3. The first kappa shape index (κ1) is 11.9. The molecule has 5 heteroatoms. The number of amides is 1. The Kier molecular flexibility index (Phi) is 3.14. The molecule has 1 heterocycles. The van der Waals surface area contributed by atoms with Crippen LogP contribution in [0.1, 0.15) is 16.1 Å². The average molecular weight is 243 g/mol. The van der Waals surface area contributed by atoms with E-state index in [0.717, 1.165) is 5.69 Å². The fourth-order valence-electron chi connectivity index (χ4n) is 1.49. The van der Waals surface area contributed by atoms with Crippen molar-refractivity contribution in [2.24, 2.45) is 5.73 Å². The van der Waals surface area contributed by atoms with Gasteiger partial charge in [0.2, 0.25) is 0 Å². The largest absolute Gasteiger partial charge is 0.454 e. The summed E-state index contributed by atoms with van der Waals surface area (Å²) in [6.45, 7) is 1.88. The normalized spacial score (nSPS) is 10.1. The van der Waals surface area contributed by atoms with Gasteiger partial charge in [0.05, 0.1) is 17.4 Å². The molecule has 0 aliphatic carbocycles. The zero-order valence-electron chi connectivity index (χ0n) is 9.88. The second kappa shape index (κ2) is 4.75. The number of carbonyl (C=O) groups is 1. The summed E-state index contributed by atoms with van der Waals surface area (Å²) in [6, 6.07) is 8.48. The highest BCUT2D eigenvalue weighted by molar-refractivity contribution is 5.99. The molecule has 0 fully saturated rings. The maximum Gasteiger partial charge on any atom is 0.250 e. The van der Waals surface area contributed by atoms with Gasteiger partial charge in [0.1, 0.15) is 5.75 Å². The average Bonchev–Trinajstić information content (AvgIpc) is 2.34. The number of nitrogens with zero attached hydrogens (tertiary/aromatic N) is 1. The number of hydrogen-bond donors (Lipinski definition) is 2. The maximum atomic E-state index is 11.1. The van der Waals surface area contributed by atoms with E-state index < -0.39 is 5.91 Å². The molecule has 0 bridgehead atoms. The van der Waals surface area contributed by atoms with E-state index in [0.29, 0.717) is 11.5 Å². The lowest BCUT2D eigenvalue weighted by atomic mass is 10.1. The SMILES string of the molecule is Cc1ccc(Oc2cccc(C(N)=O)c2N)cn1. The van der Waals surface area contributed by atoms with Crippen molar-refractivity contribution < 1.29 is 9.53 Å². The van der Waals surface area contributed by atoms with Crippen LogP contribution in [0.25, 0.3) is 0 Å². The minimum Gasteiger partial charge on any atom is -0.454 e. The molecule has 0 spiro atoms. The second-order valence-corrected chi connectivity index (χ2v) is 3.82. The van der Waals surface area contributed by atoms with Crippen molar-refractivity contribution in [3.63, 3.8) is 0 Å². The van der Waals surface area contributed by atoms with Gasteiger partial charge in [0.15, 0.2) is 5.75 Å². The highest BCUT2D eigenvalue weighted by Gasteiger charge is 2.10. The second-order valence-electron chi connectivity index (χ2n) is 3.82. The van der Waals surface area contributed by atoms with Crippen LogP contribution in [0.15, 0.2) is 36.5 Å². The van der Waals surface area contributed by atoms with Crippen molar-refractivity contribution in [2.45, 2.75) is 6.92 Å². The molecule has 0 saturated heterocycles. The molecule has 1 aromatic carbocycles. The Hall–Kier alpha value is -2.56. The topological polar surface area (TPSA) is 91.2 Å². The number of benzene rings is 1. The van der Waals surface area contributed by atoms with E-state index in [1.807, 2.05) is 13.0 Å². The Bertz CT molecular complexity index is 579. The number of rotatable bonds is 3. The predicted octanol–water partition coefficient (Wildman–Crippen LogP) is 1.86. The van der Waals surface area contributed by atoms with Crippen molar-refractivity contribution in [1.82, 2.24) is 4.98 Å². The quantitative estimate of drug-likeness (QED) is 0.805. The minimum absolute atomic E-state index is 0.227. The van der Waals surface area contributed by atoms with Crippen molar-refractivity contribution in [2.75, 3.05) is 5.73 Å². The van der Waals surface area contributed by atoms with Crippen LogP contribution in [0.5, 0.6) is 11.5 Å². The molecule has 1 amide bonds. The van der Waals surface area contributed by atoms with E-state index in [1.165, 1.54) is 0 Å². The number of para-hydroxylation sites is 1. The van der Waals surface area contributed by atoms with E-state index in [4.69, 9.17) is 16.2 Å². The van der Waals surface area contributed by atoms with Gasteiger partial charge in [-0.25, -0.2) is 0 Å². The number of nitrogen functional groups attached to an aromatic ring is 1. The van der Waals surface area contributed by atoms with Gasteiger partial charge < -0.3 is 16.2 Å². The van der Waals surface area contributed by atoms with Gasteiger partial charge in [-0.15, -0.1) is 0 Å². The number of aryl methyl sites for hydroxylation is 1. The molecule has 2 aromatic rings. The fraction of sp³-hybridized carbons (Fsp3) is 0.0769. The third-order valence-electron chi connectivity index (χ3n) is 2.44. The summed E-state index contributed by atoms with van der Waals surface area (Å²) in [6.07, 6.45) is 1.59. The molecular weight excluding hydrogens is 230 g/mol. The monoisotopic (exact) mass is 243 g/mol. The van der Waals surface area contributed by atoms with Gasteiger partial charge >= 0.3 is 0 Å². The number of ether oxygens (including phenoxy) is 1. The molecule has 1 aromatic heterocycles. The van der Waals surface area contributed by atoms with E-state index in [1.54, 1.807) is 30.5 Å². The number of primary amides is 1. The molecular formula is C13H13N3O2. The molecule has 2 rings (SSSR count). The van der Waals surface area contributed by atoms with Gasteiger partial charge in [-0.3, -0.25) is 9.78 Å². The molecule has 0 atom stereocenters. The molecule has 0 saturated carbocycles. The number of carbonyl (C=O) groups excluding carboxylic acids is 1. The fourth-order valence-corrected chi connectivity index (χ4v) is 1.49. The Morgan fingerprint density at radius 2 is 2.06 bits per heavy atom. The zero-order chi connectivity index (χ0) is 13.1. The summed E-state index contributed by atoms with van der Waals surface area (Å²) < 4.78 is 5.56. The Balaban J connectivity index is 2.32. The van der Waals surface area contributed by atoms with Crippen LogP contribution in [0.3, 0.4) is 0 Å². The predicted molar refractivity (Wildman–Crippen MR) is 68.4 cm³/mol. The van der Waals surface area contributed by atoms with Crippen LogP contribution in [0.2, 0.25) is 0 Å². The molecule has 4 N–H and O–H groups in total. The van der Waals surface area contributed by atoms with Crippen LogP contribution in [-0.4, -0.2) is 10.9 Å². The molecule has 0 aliphatic rings. The standard InChI is InChI=1S/C13H13N3O2/c1-8-5-6-9(7-16-8)18-11-4-2-3-10(12(11)14)13(15)17/h2-7H,14H2,1H3,(H2,15,17). The molecule has 0 radical (unpaired) electrons. The van der Waals surface area contributed by atoms with E-state index in [2.05, 4.69) is 4.98 Å². The first-order valence-corrected chi connectivity index (χ1v) is 5.36. The maximum absolute atomic E-state index is 11.1. The number of anilines is 1. The van der Waals surface area contributed by atoms with E-state index in [-0.39, 0.29) is 11.3 Å². The Morgan fingerprint density at radius 1 is 1.28 bits per heavy atom. The third kappa shape index (κ3) is 2.40. The smallest absolute Gasteiger partial charge is 0.250 e. The Morgan fingerprint density at radius 3 is 2.67 bits per heavy atom. The summed E-state index contributed by atoms with van der Waals surface area (Å²) in [7, 11) is 0. The summed E-state index contributed by atoms with van der Waals surface area (Å²) in [5.41, 5.74) is 12.4. The van der Waals surface area contributed by atoms with Gasteiger partial charge in [-0.1, -0.05) is 6.07 Å². The summed E-state index contributed by atoms with van der Waals surface area (Å²) in [5, 5.41) is 0. The zero-order valence-corrected chi connectivity index (χ0v) is 9.88.